The van der Waals surface area contributed by atoms with Crippen LogP contribution < -0.4 is 5.32 Å². The summed E-state index contributed by atoms with van der Waals surface area (Å²) in [7, 11) is 0. The number of aromatic amines is 1. The number of rotatable bonds is 5. The molecule has 1 heterocycles. The van der Waals surface area contributed by atoms with Crippen molar-refractivity contribution in [3.8, 4) is 0 Å². The summed E-state index contributed by atoms with van der Waals surface area (Å²) in [5.41, 5.74) is 3.42. The summed E-state index contributed by atoms with van der Waals surface area (Å²) in [6, 6.07) is 18.3. The van der Waals surface area contributed by atoms with Crippen LogP contribution >= 0.6 is 0 Å². The lowest BCUT2D eigenvalue weighted by Crippen LogP contribution is -2.23. The molecule has 0 saturated heterocycles. The number of hydrogen-bond acceptors (Lipinski definition) is 1. The van der Waals surface area contributed by atoms with Gasteiger partial charge >= 0.3 is 0 Å². The average molecular weight is 292 g/mol. The molecule has 3 aromatic rings. The number of benzene rings is 2. The van der Waals surface area contributed by atoms with Crippen LogP contribution in [-0.2, 0) is 11.3 Å². The van der Waals surface area contributed by atoms with Gasteiger partial charge in [0.1, 0.15) is 0 Å². The molecule has 1 aromatic heterocycles. The summed E-state index contributed by atoms with van der Waals surface area (Å²) in [5, 5.41) is 4.18. The molecule has 0 spiro atoms. The van der Waals surface area contributed by atoms with Crippen LogP contribution in [0.2, 0.25) is 0 Å². The molecule has 3 nitrogen and oxygen atoms in total. The number of H-pyrrole nitrogens is 1. The molecular formula is C19H20N2O. The second-order valence-corrected chi connectivity index (χ2v) is 5.65. The molecule has 22 heavy (non-hydrogen) atoms. The van der Waals surface area contributed by atoms with Crippen LogP contribution in [0.3, 0.4) is 0 Å². The predicted octanol–water partition coefficient (Wildman–Crippen LogP) is 3.98. The number of hydrogen-bond donors (Lipinski definition) is 2. The maximum atomic E-state index is 12.1. The van der Waals surface area contributed by atoms with E-state index in [1.54, 1.807) is 0 Å². The van der Waals surface area contributed by atoms with Gasteiger partial charge in [0.15, 0.2) is 0 Å². The molecule has 0 aliphatic heterocycles. The van der Waals surface area contributed by atoms with E-state index in [0.29, 0.717) is 13.0 Å². The number of amides is 1. The third kappa shape index (κ3) is 3.19. The lowest BCUT2D eigenvalue weighted by molar-refractivity contribution is -0.121. The van der Waals surface area contributed by atoms with Crippen molar-refractivity contribution in [2.75, 3.05) is 0 Å². The molecular weight excluding hydrogens is 272 g/mol. The normalized spacial score (nSPS) is 12.2. The number of nitrogens with one attached hydrogen (secondary N) is 2. The molecule has 3 heteroatoms. The third-order valence-corrected chi connectivity index (χ3v) is 4.01. The van der Waals surface area contributed by atoms with E-state index in [9.17, 15) is 4.79 Å². The number of aromatic nitrogens is 1. The minimum atomic E-state index is 0.0848. The fourth-order valence-electron chi connectivity index (χ4n) is 2.72. The Balaban J connectivity index is 1.58. The minimum Gasteiger partial charge on any atom is -0.361 e. The Morgan fingerprint density at radius 1 is 1.09 bits per heavy atom. The first-order chi connectivity index (χ1) is 10.7. The van der Waals surface area contributed by atoms with Crippen molar-refractivity contribution in [1.82, 2.24) is 10.3 Å². The van der Waals surface area contributed by atoms with Gasteiger partial charge in [-0.2, -0.15) is 0 Å². The lowest BCUT2D eigenvalue weighted by Gasteiger charge is -2.11. The Bertz CT molecular complexity index is 761. The molecule has 1 atom stereocenters. The fourth-order valence-corrected chi connectivity index (χ4v) is 2.72. The summed E-state index contributed by atoms with van der Waals surface area (Å²) in [4.78, 5) is 15.4. The molecule has 3 rings (SSSR count). The standard InChI is InChI=1S/C19H20N2O/c1-14(15-7-3-2-4-8-15)11-19(22)21-13-16-12-20-18-10-6-5-9-17(16)18/h2-10,12,14,20H,11,13H2,1H3,(H,21,22). The van der Waals surface area contributed by atoms with Crippen LogP contribution in [0, 0.1) is 0 Å². The van der Waals surface area contributed by atoms with Gasteiger partial charge < -0.3 is 10.3 Å². The van der Waals surface area contributed by atoms with Crippen LogP contribution in [0.4, 0.5) is 0 Å². The van der Waals surface area contributed by atoms with E-state index in [1.165, 1.54) is 10.9 Å². The third-order valence-electron chi connectivity index (χ3n) is 4.01. The topological polar surface area (TPSA) is 44.9 Å². The fraction of sp³-hybridized carbons (Fsp3) is 0.211. The van der Waals surface area contributed by atoms with Crippen molar-refractivity contribution < 1.29 is 4.79 Å². The van der Waals surface area contributed by atoms with Gasteiger partial charge in [0.05, 0.1) is 0 Å². The van der Waals surface area contributed by atoms with Crippen molar-refractivity contribution in [2.24, 2.45) is 0 Å². The zero-order valence-electron chi connectivity index (χ0n) is 12.7. The van der Waals surface area contributed by atoms with E-state index in [4.69, 9.17) is 0 Å². The number of fused-ring (bicyclic) bond motifs is 1. The zero-order valence-corrected chi connectivity index (χ0v) is 12.7. The van der Waals surface area contributed by atoms with E-state index >= 15 is 0 Å². The summed E-state index contributed by atoms with van der Waals surface area (Å²) >= 11 is 0. The van der Waals surface area contributed by atoms with Crippen molar-refractivity contribution in [1.29, 1.82) is 0 Å². The molecule has 1 unspecified atom stereocenters. The number of para-hydroxylation sites is 1. The van der Waals surface area contributed by atoms with Crippen LogP contribution in [0.25, 0.3) is 10.9 Å². The Labute approximate surface area is 130 Å². The van der Waals surface area contributed by atoms with Crippen LogP contribution in [-0.4, -0.2) is 10.9 Å². The van der Waals surface area contributed by atoms with Crippen molar-refractivity contribution in [2.45, 2.75) is 25.8 Å². The Morgan fingerprint density at radius 3 is 2.64 bits per heavy atom. The Morgan fingerprint density at radius 2 is 1.82 bits per heavy atom. The van der Waals surface area contributed by atoms with Gasteiger partial charge in [-0.3, -0.25) is 4.79 Å². The van der Waals surface area contributed by atoms with Crippen LogP contribution in [0.1, 0.15) is 30.4 Å². The smallest absolute Gasteiger partial charge is 0.220 e. The van der Waals surface area contributed by atoms with E-state index < -0.39 is 0 Å². The maximum Gasteiger partial charge on any atom is 0.220 e. The molecule has 0 bridgehead atoms. The van der Waals surface area contributed by atoms with Crippen LogP contribution in [0.5, 0.6) is 0 Å². The second-order valence-electron chi connectivity index (χ2n) is 5.65. The first-order valence-electron chi connectivity index (χ1n) is 7.60. The number of carbonyl (C=O) groups is 1. The summed E-state index contributed by atoms with van der Waals surface area (Å²) in [6.45, 7) is 2.64. The van der Waals surface area contributed by atoms with E-state index in [1.807, 2.05) is 42.6 Å². The summed E-state index contributed by atoms with van der Waals surface area (Å²) < 4.78 is 0. The molecule has 0 saturated carbocycles. The summed E-state index contributed by atoms with van der Waals surface area (Å²) in [5.74, 6) is 0.311. The highest BCUT2D eigenvalue weighted by Crippen LogP contribution is 2.19. The van der Waals surface area contributed by atoms with Gasteiger partial charge in [0.2, 0.25) is 5.91 Å². The zero-order chi connectivity index (χ0) is 15.4. The molecule has 2 N–H and O–H groups in total. The van der Waals surface area contributed by atoms with Gasteiger partial charge in [0, 0.05) is 30.1 Å². The maximum absolute atomic E-state index is 12.1. The second kappa shape index (κ2) is 6.48. The molecule has 0 aliphatic rings. The van der Waals surface area contributed by atoms with Crippen molar-refractivity contribution in [3.63, 3.8) is 0 Å². The highest BCUT2D eigenvalue weighted by Gasteiger charge is 2.11. The van der Waals surface area contributed by atoms with Gasteiger partial charge in [-0.15, -0.1) is 0 Å². The lowest BCUT2D eigenvalue weighted by atomic mass is 9.97. The van der Waals surface area contributed by atoms with Gasteiger partial charge in [-0.05, 0) is 23.1 Å². The van der Waals surface area contributed by atoms with Crippen molar-refractivity contribution >= 4 is 16.8 Å². The molecule has 0 aliphatic carbocycles. The van der Waals surface area contributed by atoms with Gasteiger partial charge in [-0.25, -0.2) is 0 Å². The molecule has 0 radical (unpaired) electrons. The molecule has 0 fully saturated rings. The molecule has 112 valence electrons. The Kier molecular flexibility index (Phi) is 4.24. The molecule has 1 amide bonds. The van der Waals surface area contributed by atoms with E-state index in [0.717, 1.165) is 11.1 Å². The van der Waals surface area contributed by atoms with E-state index in [2.05, 4.69) is 35.4 Å². The van der Waals surface area contributed by atoms with Gasteiger partial charge in [-0.1, -0.05) is 55.5 Å². The minimum absolute atomic E-state index is 0.0848. The predicted molar refractivity (Wildman–Crippen MR) is 89.6 cm³/mol. The summed E-state index contributed by atoms with van der Waals surface area (Å²) in [6.07, 6.45) is 2.47. The van der Waals surface area contributed by atoms with Gasteiger partial charge in [0.25, 0.3) is 0 Å². The van der Waals surface area contributed by atoms with Crippen LogP contribution in [0.15, 0.2) is 60.8 Å². The molecule has 2 aromatic carbocycles. The van der Waals surface area contributed by atoms with Crippen molar-refractivity contribution in [3.05, 3.63) is 71.9 Å². The van der Waals surface area contributed by atoms with E-state index in [-0.39, 0.29) is 11.8 Å². The average Bonchev–Trinajstić information content (AvgIpc) is 2.97. The largest absolute Gasteiger partial charge is 0.361 e. The Hall–Kier alpha value is -2.55. The highest BCUT2D eigenvalue weighted by molar-refractivity contribution is 5.84. The first kappa shape index (κ1) is 14.4. The quantitative estimate of drug-likeness (QED) is 0.734. The SMILES string of the molecule is CC(CC(=O)NCc1c[nH]c2ccccc12)c1ccccc1. The monoisotopic (exact) mass is 292 g/mol. The highest BCUT2D eigenvalue weighted by atomic mass is 16.1. The number of carbonyl (C=O) groups excluding carboxylic acids is 1. The first-order valence-corrected chi connectivity index (χ1v) is 7.60.